The van der Waals surface area contributed by atoms with E-state index in [1.165, 1.54) is 6.08 Å². The van der Waals surface area contributed by atoms with Crippen molar-refractivity contribution in [2.45, 2.75) is 26.9 Å². The van der Waals surface area contributed by atoms with Crippen molar-refractivity contribution < 1.29 is 14.3 Å². The molecule has 0 aliphatic heterocycles. The molecule has 0 bridgehead atoms. The van der Waals surface area contributed by atoms with Gasteiger partial charge in [0.2, 0.25) is 0 Å². The number of nitrogens with one attached hydrogen (secondary N) is 2. The summed E-state index contributed by atoms with van der Waals surface area (Å²) in [6.45, 7) is 5.42. The number of nitrogens with zero attached hydrogens (tertiary/aromatic N) is 1. The van der Waals surface area contributed by atoms with E-state index in [0.29, 0.717) is 22.7 Å². The summed E-state index contributed by atoms with van der Waals surface area (Å²) in [5.41, 5.74) is 3.63. The molecule has 3 aromatic rings. The van der Waals surface area contributed by atoms with Gasteiger partial charge in [0.05, 0.1) is 0 Å². The van der Waals surface area contributed by atoms with E-state index >= 15 is 0 Å². The minimum atomic E-state index is -0.582. The topological polar surface area (TPSA) is 91.2 Å². The Bertz CT molecular complexity index is 1160. The average Bonchev–Trinajstić information content (AvgIpc) is 2.81. The molecule has 0 saturated heterocycles. The number of carbonyl (C=O) groups is 2. The number of benzene rings is 3. The summed E-state index contributed by atoms with van der Waals surface area (Å²) < 4.78 is 5.46. The number of rotatable bonds is 7. The van der Waals surface area contributed by atoms with Crippen LogP contribution in [0.1, 0.15) is 23.6 Å². The second-order valence-electron chi connectivity index (χ2n) is 7.55. The lowest BCUT2D eigenvalue weighted by atomic mass is 10.1. The van der Waals surface area contributed by atoms with Crippen LogP contribution in [0.2, 0.25) is 0 Å². The zero-order chi connectivity index (χ0) is 23.8. The fourth-order valence-electron chi connectivity index (χ4n) is 3.08. The maximum absolute atomic E-state index is 13.1. The van der Waals surface area contributed by atoms with Crippen molar-refractivity contribution in [3.8, 4) is 11.8 Å². The molecule has 0 aliphatic carbocycles. The molecule has 6 nitrogen and oxygen atoms in total. The zero-order valence-corrected chi connectivity index (χ0v) is 18.8. The minimum absolute atomic E-state index is 0.0411. The number of nitriles is 1. The number of para-hydroxylation sites is 2. The van der Waals surface area contributed by atoms with Gasteiger partial charge in [-0.25, -0.2) is 0 Å². The third-order valence-electron chi connectivity index (χ3n) is 4.96. The van der Waals surface area contributed by atoms with E-state index < -0.39 is 17.9 Å². The first-order valence-electron chi connectivity index (χ1n) is 10.5. The highest BCUT2D eigenvalue weighted by Crippen LogP contribution is 2.20. The van der Waals surface area contributed by atoms with Gasteiger partial charge < -0.3 is 15.4 Å². The van der Waals surface area contributed by atoms with Crippen LogP contribution in [-0.4, -0.2) is 17.9 Å². The maximum atomic E-state index is 13.1. The standard InChI is InChI=1S/C27H25N3O3/c1-18-8-4-6-10-24(18)29-26(31)23(27(32)30-25-11-7-5-9-19(25)2)16-21-12-14-22(15-13-21)33-20(3)17-28/h4-16,20H,1-3H3,(H,29,31)(H,30,32). The molecular formula is C27H25N3O3. The highest BCUT2D eigenvalue weighted by atomic mass is 16.5. The molecule has 1 unspecified atom stereocenters. The van der Waals surface area contributed by atoms with E-state index in [1.54, 1.807) is 43.3 Å². The lowest BCUT2D eigenvalue weighted by molar-refractivity contribution is -0.118. The van der Waals surface area contributed by atoms with Crippen LogP contribution in [0.5, 0.6) is 5.75 Å². The summed E-state index contributed by atoms with van der Waals surface area (Å²) in [5.74, 6) is -0.515. The molecule has 0 heterocycles. The van der Waals surface area contributed by atoms with Gasteiger partial charge in [-0.1, -0.05) is 48.5 Å². The summed E-state index contributed by atoms with van der Waals surface area (Å²) in [6, 6.07) is 23.6. The Hall–Kier alpha value is -4.37. The van der Waals surface area contributed by atoms with E-state index in [2.05, 4.69) is 10.6 Å². The van der Waals surface area contributed by atoms with Crippen molar-refractivity contribution in [3.63, 3.8) is 0 Å². The van der Waals surface area contributed by atoms with Gasteiger partial charge in [-0.2, -0.15) is 5.26 Å². The first-order chi connectivity index (χ1) is 15.9. The predicted octanol–water partition coefficient (Wildman–Crippen LogP) is 5.26. The van der Waals surface area contributed by atoms with Gasteiger partial charge in [0.25, 0.3) is 11.8 Å². The van der Waals surface area contributed by atoms with Crippen LogP contribution in [-0.2, 0) is 9.59 Å². The lowest BCUT2D eigenvalue weighted by Gasteiger charge is -2.13. The van der Waals surface area contributed by atoms with Crippen molar-refractivity contribution in [3.05, 3.63) is 95.1 Å². The van der Waals surface area contributed by atoms with Crippen LogP contribution < -0.4 is 15.4 Å². The zero-order valence-electron chi connectivity index (χ0n) is 18.8. The number of hydrogen-bond acceptors (Lipinski definition) is 4. The van der Waals surface area contributed by atoms with Gasteiger partial charge in [-0.05, 0) is 67.8 Å². The summed E-state index contributed by atoms with van der Waals surface area (Å²) in [7, 11) is 0. The number of hydrogen-bond donors (Lipinski definition) is 2. The summed E-state index contributed by atoms with van der Waals surface area (Å²) in [6.07, 6.45) is 0.945. The molecule has 1 atom stereocenters. The first kappa shape index (κ1) is 23.3. The van der Waals surface area contributed by atoms with Gasteiger partial charge in [0, 0.05) is 11.4 Å². The third-order valence-corrected chi connectivity index (χ3v) is 4.96. The van der Waals surface area contributed by atoms with Crippen molar-refractivity contribution >= 4 is 29.3 Å². The van der Waals surface area contributed by atoms with Crippen LogP contribution in [0.15, 0.2) is 78.4 Å². The molecular weight excluding hydrogens is 414 g/mol. The quantitative estimate of drug-likeness (QED) is 0.299. The van der Waals surface area contributed by atoms with Gasteiger partial charge >= 0.3 is 0 Å². The monoisotopic (exact) mass is 439 g/mol. The van der Waals surface area contributed by atoms with E-state index in [-0.39, 0.29) is 5.57 Å². The molecule has 2 amide bonds. The highest BCUT2D eigenvalue weighted by molar-refractivity contribution is 6.29. The Labute approximate surface area is 193 Å². The summed E-state index contributed by atoms with van der Waals surface area (Å²) in [5, 5.41) is 14.6. The van der Waals surface area contributed by atoms with Crippen molar-refractivity contribution in [1.29, 1.82) is 5.26 Å². The largest absolute Gasteiger partial charge is 0.476 e. The fourth-order valence-corrected chi connectivity index (χ4v) is 3.08. The molecule has 33 heavy (non-hydrogen) atoms. The second-order valence-corrected chi connectivity index (χ2v) is 7.55. The van der Waals surface area contributed by atoms with Gasteiger partial charge in [0.15, 0.2) is 6.10 Å². The van der Waals surface area contributed by atoms with E-state index in [9.17, 15) is 9.59 Å². The van der Waals surface area contributed by atoms with E-state index in [4.69, 9.17) is 10.00 Å². The molecule has 0 fully saturated rings. The number of aryl methyl sites for hydroxylation is 2. The molecule has 2 N–H and O–H groups in total. The lowest BCUT2D eigenvalue weighted by Crippen LogP contribution is -2.25. The normalized spacial score (nSPS) is 11.0. The van der Waals surface area contributed by atoms with Crippen molar-refractivity contribution in [2.24, 2.45) is 0 Å². The van der Waals surface area contributed by atoms with Crippen LogP contribution >= 0.6 is 0 Å². The van der Waals surface area contributed by atoms with Crippen molar-refractivity contribution in [1.82, 2.24) is 0 Å². The SMILES string of the molecule is Cc1ccccc1NC(=O)C(=Cc1ccc(OC(C)C#N)cc1)C(=O)Nc1ccccc1C. The summed E-state index contributed by atoms with van der Waals surface area (Å²) >= 11 is 0. The van der Waals surface area contributed by atoms with E-state index in [0.717, 1.165) is 11.1 Å². The van der Waals surface area contributed by atoms with Crippen LogP contribution in [0.3, 0.4) is 0 Å². The van der Waals surface area contributed by atoms with E-state index in [1.807, 2.05) is 56.3 Å². The van der Waals surface area contributed by atoms with Gasteiger partial charge in [0.1, 0.15) is 17.4 Å². The van der Waals surface area contributed by atoms with Crippen LogP contribution in [0.25, 0.3) is 6.08 Å². The number of carbonyl (C=O) groups excluding carboxylic acids is 2. The Morgan fingerprint density at radius 3 is 1.79 bits per heavy atom. The molecule has 166 valence electrons. The van der Waals surface area contributed by atoms with Crippen LogP contribution in [0.4, 0.5) is 11.4 Å². The fraction of sp³-hybridized carbons (Fsp3) is 0.148. The Kier molecular flexibility index (Phi) is 7.61. The second kappa shape index (κ2) is 10.8. The molecule has 0 radical (unpaired) electrons. The Morgan fingerprint density at radius 1 is 0.848 bits per heavy atom. The van der Waals surface area contributed by atoms with Crippen molar-refractivity contribution in [2.75, 3.05) is 10.6 Å². The molecule has 0 aliphatic rings. The average molecular weight is 440 g/mol. The smallest absolute Gasteiger partial charge is 0.261 e. The maximum Gasteiger partial charge on any atom is 0.261 e. The molecule has 6 heteroatoms. The van der Waals surface area contributed by atoms with Crippen LogP contribution in [0, 0.1) is 25.2 Å². The molecule has 0 saturated carbocycles. The predicted molar refractivity (Wildman–Crippen MR) is 130 cm³/mol. The number of anilines is 2. The molecule has 3 aromatic carbocycles. The van der Waals surface area contributed by atoms with Gasteiger partial charge in [-0.15, -0.1) is 0 Å². The molecule has 3 rings (SSSR count). The first-order valence-corrected chi connectivity index (χ1v) is 10.5. The highest BCUT2D eigenvalue weighted by Gasteiger charge is 2.20. The number of ether oxygens (including phenoxy) is 1. The summed E-state index contributed by atoms with van der Waals surface area (Å²) in [4.78, 5) is 26.3. The Balaban J connectivity index is 1.91. The van der Waals surface area contributed by atoms with Gasteiger partial charge in [-0.3, -0.25) is 9.59 Å². The third kappa shape index (κ3) is 6.31. The minimum Gasteiger partial charge on any atom is -0.476 e. The molecule has 0 aromatic heterocycles. The Morgan fingerprint density at radius 2 is 1.33 bits per heavy atom. The molecule has 0 spiro atoms. The number of amides is 2.